The van der Waals surface area contributed by atoms with Gasteiger partial charge in [-0.2, -0.15) is 0 Å². The van der Waals surface area contributed by atoms with E-state index >= 15 is 0 Å². The molecule has 18 heavy (non-hydrogen) atoms. The molecule has 2 atom stereocenters. The van der Waals surface area contributed by atoms with E-state index in [2.05, 4.69) is 53.7 Å². The van der Waals surface area contributed by atoms with Gasteiger partial charge in [0.15, 0.2) is 0 Å². The van der Waals surface area contributed by atoms with Crippen LogP contribution in [0, 0.1) is 22.7 Å². The molecule has 0 saturated carbocycles. The second-order valence-electron chi connectivity index (χ2n) is 7.89. The van der Waals surface area contributed by atoms with Crippen LogP contribution in [0.4, 0.5) is 0 Å². The maximum absolute atomic E-state index is 2.46. The Kier molecular flexibility index (Phi) is 3.51. The smallest absolute Gasteiger partial charge is 0.00807 e. The molecule has 0 aromatic rings. The quantitative estimate of drug-likeness (QED) is 0.517. The van der Waals surface area contributed by atoms with Crippen molar-refractivity contribution in [3.63, 3.8) is 0 Å². The van der Waals surface area contributed by atoms with Crippen LogP contribution in [0.5, 0.6) is 0 Å². The molecule has 0 spiro atoms. The van der Waals surface area contributed by atoms with Crippen molar-refractivity contribution >= 4 is 0 Å². The third-order valence-corrected chi connectivity index (χ3v) is 5.30. The molecule has 0 amide bonds. The molecule has 2 aliphatic carbocycles. The average Bonchev–Trinajstić information content (AvgIpc) is 2.20. The average molecular weight is 246 g/mol. The van der Waals surface area contributed by atoms with Gasteiger partial charge in [0.1, 0.15) is 0 Å². The summed E-state index contributed by atoms with van der Waals surface area (Å²) in [6, 6.07) is 0. The molecule has 0 saturated heterocycles. The second kappa shape index (κ2) is 4.54. The van der Waals surface area contributed by atoms with E-state index in [1.807, 2.05) is 0 Å². The minimum atomic E-state index is 0.406. The minimum Gasteiger partial charge on any atom is -0.0877 e. The molecule has 0 fully saturated rings. The Labute approximate surface area is 114 Å². The summed E-state index contributed by atoms with van der Waals surface area (Å²) < 4.78 is 0. The van der Waals surface area contributed by atoms with Crippen molar-refractivity contribution in [1.82, 2.24) is 0 Å². The number of hydrogen-bond acceptors (Lipinski definition) is 0. The molecular weight excluding hydrogens is 216 g/mol. The molecule has 102 valence electrons. The van der Waals surface area contributed by atoms with Crippen molar-refractivity contribution in [3.05, 3.63) is 23.3 Å². The molecule has 0 heteroatoms. The van der Waals surface area contributed by atoms with Gasteiger partial charge in [-0.05, 0) is 55.3 Å². The molecule has 0 radical (unpaired) electrons. The van der Waals surface area contributed by atoms with E-state index in [4.69, 9.17) is 0 Å². The second-order valence-corrected chi connectivity index (χ2v) is 7.89. The van der Waals surface area contributed by atoms with Gasteiger partial charge in [0, 0.05) is 0 Å². The van der Waals surface area contributed by atoms with Gasteiger partial charge in [0.25, 0.3) is 0 Å². The summed E-state index contributed by atoms with van der Waals surface area (Å²) in [4.78, 5) is 0. The monoisotopic (exact) mass is 246 g/mol. The highest BCUT2D eigenvalue weighted by atomic mass is 14.5. The Balaban J connectivity index is 2.48. The van der Waals surface area contributed by atoms with Gasteiger partial charge in [-0.15, -0.1) is 0 Å². The molecule has 0 aliphatic heterocycles. The summed E-state index contributed by atoms with van der Waals surface area (Å²) in [6.07, 6.45) is 10.1. The maximum Gasteiger partial charge on any atom is -0.00807 e. The molecule has 0 N–H and O–H groups in total. The Morgan fingerprint density at radius 1 is 1.17 bits per heavy atom. The van der Waals surface area contributed by atoms with Gasteiger partial charge < -0.3 is 0 Å². The highest BCUT2D eigenvalue weighted by molar-refractivity contribution is 5.29. The van der Waals surface area contributed by atoms with Crippen molar-refractivity contribution in [1.29, 1.82) is 0 Å². The standard InChI is InChI=1S/C18H30/c1-13-9-7-11-17(3,4)15(13)16-14(2)10-8-12-18(16,5)6/h7,9,13,15H,8,10-12H2,1-6H3. The fourth-order valence-electron chi connectivity index (χ4n) is 4.52. The Morgan fingerprint density at radius 3 is 2.39 bits per heavy atom. The van der Waals surface area contributed by atoms with E-state index in [-0.39, 0.29) is 0 Å². The number of rotatable bonds is 1. The number of hydrogen-bond donors (Lipinski definition) is 0. The van der Waals surface area contributed by atoms with Crippen molar-refractivity contribution in [2.45, 2.75) is 67.2 Å². The lowest BCUT2D eigenvalue weighted by molar-refractivity contribution is 0.155. The lowest BCUT2D eigenvalue weighted by atomic mass is 9.56. The van der Waals surface area contributed by atoms with E-state index in [1.165, 1.54) is 25.7 Å². The molecule has 0 aromatic carbocycles. The van der Waals surface area contributed by atoms with Gasteiger partial charge >= 0.3 is 0 Å². The van der Waals surface area contributed by atoms with Crippen molar-refractivity contribution < 1.29 is 0 Å². The van der Waals surface area contributed by atoms with Gasteiger partial charge in [0.2, 0.25) is 0 Å². The number of allylic oxidation sites excluding steroid dienone is 4. The zero-order chi connectivity index (χ0) is 13.6. The maximum atomic E-state index is 2.46. The van der Waals surface area contributed by atoms with Crippen LogP contribution in [-0.4, -0.2) is 0 Å². The van der Waals surface area contributed by atoms with Gasteiger partial charge in [0.05, 0.1) is 0 Å². The molecule has 2 rings (SSSR count). The fraction of sp³-hybridized carbons (Fsp3) is 0.778. The highest BCUT2D eigenvalue weighted by Gasteiger charge is 2.43. The normalized spacial score (nSPS) is 34.8. The summed E-state index contributed by atoms with van der Waals surface area (Å²) in [5.41, 5.74) is 4.30. The van der Waals surface area contributed by atoms with E-state index in [0.29, 0.717) is 16.7 Å². The first-order chi connectivity index (χ1) is 8.26. The summed E-state index contributed by atoms with van der Waals surface area (Å²) in [6.45, 7) is 14.6. The van der Waals surface area contributed by atoms with Crippen LogP contribution in [-0.2, 0) is 0 Å². The minimum absolute atomic E-state index is 0.406. The van der Waals surface area contributed by atoms with Gasteiger partial charge in [-0.25, -0.2) is 0 Å². The van der Waals surface area contributed by atoms with E-state index in [9.17, 15) is 0 Å². The van der Waals surface area contributed by atoms with Crippen LogP contribution in [0.15, 0.2) is 23.3 Å². The van der Waals surface area contributed by atoms with E-state index in [1.54, 1.807) is 11.1 Å². The highest BCUT2D eigenvalue weighted by Crippen LogP contribution is 2.54. The van der Waals surface area contributed by atoms with Crippen LogP contribution < -0.4 is 0 Å². The summed E-state index contributed by atoms with van der Waals surface area (Å²) in [5, 5.41) is 0. The predicted octanol–water partition coefficient (Wildman–Crippen LogP) is 5.75. The molecule has 2 unspecified atom stereocenters. The first-order valence-corrected chi connectivity index (χ1v) is 7.62. The van der Waals surface area contributed by atoms with Gasteiger partial charge in [-0.1, -0.05) is 57.9 Å². The van der Waals surface area contributed by atoms with Crippen LogP contribution in [0.25, 0.3) is 0 Å². The molecule has 0 bridgehead atoms. The Hall–Kier alpha value is -0.520. The molecule has 0 heterocycles. The fourth-order valence-corrected chi connectivity index (χ4v) is 4.52. The van der Waals surface area contributed by atoms with Crippen LogP contribution in [0.3, 0.4) is 0 Å². The lowest BCUT2D eigenvalue weighted by Crippen LogP contribution is -2.39. The van der Waals surface area contributed by atoms with Crippen molar-refractivity contribution in [2.24, 2.45) is 22.7 Å². The summed E-state index contributed by atoms with van der Waals surface area (Å²) in [7, 11) is 0. The Bertz CT molecular complexity index is 379. The zero-order valence-electron chi connectivity index (χ0n) is 13.1. The summed E-state index contributed by atoms with van der Waals surface area (Å²) >= 11 is 0. The largest absolute Gasteiger partial charge is 0.0877 e. The van der Waals surface area contributed by atoms with Crippen LogP contribution >= 0.6 is 0 Å². The Morgan fingerprint density at radius 2 is 1.83 bits per heavy atom. The third kappa shape index (κ3) is 2.31. The first-order valence-electron chi connectivity index (χ1n) is 7.62. The molecule has 0 nitrogen and oxygen atoms in total. The molecule has 0 aromatic heterocycles. The predicted molar refractivity (Wildman–Crippen MR) is 80.5 cm³/mol. The molecule has 2 aliphatic rings. The van der Waals surface area contributed by atoms with Gasteiger partial charge in [-0.3, -0.25) is 0 Å². The zero-order valence-corrected chi connectivity index (χ0v) is 13.1. The van der Waals surface area contributed by atoms with E-state index in [0.717, 1.165) is 5.92 Å². The SMILES string of the molecule is CC1=C(C2C(C)C=CCC2(C)C)C(C)(C)CCC1. The summed E-state index contributed by atoms with van der Waals surface area (Å²) in [5.74, 6) is 1.42. The van der Waals surface area contributed by atoms with Crippen molar-refractivity contribution in [2.75, 3.05) is 0 Å². The van der Waals surface area contributed by atoms with Crippen LogP contribution in [0.1, 0.15) is 67.2 Å². The topological polar surface area (TPSA) is 0 Å². The first kappa shape index (κ1) is 13.9. The lowest BCUT2D eigenvalue weighted by Gasteiger charge is -2.49. The van der Waals surface area contributed by atoms with Crippen LogP contribution in [0.2, 0.25) is 0 Å². The third-order valence-electron chi connectivity index (χ3n) is 5.30. The molecular formula is C18H30. The van der Waals surface area contributed by atoms with Crippen molar-refractivity contribution in [3.8, 4) is 0 Å². The van der Waals surface area contributed by atoms with E-state index < -0.39 is 0 Å².